The zero-order valence-corrected chi connectivity index (χ0v) is 18.7. The van der Waals surface area contributed by atoms with Crippen LogP contribution in [0.5, 0.6) is 0 Å². The lowest BCUT2D eigenvalue weighted by Gasteiger charge is -2.25. The Hall–Kier alpha value is -1.17. The van der Waals surface area contributed by atoms with E-state index >= 15 is 0 Å². The van der Waals surface area contributed by atoms with E-state index < -0.39 is 0 Å². The van der Waals surface area contributed by atoms with Gasteiger partial charge < -0.3 is 11.1 Å². The number of nitrogens with two attached hydrogens (primary N) is 1. The molecule has 1 aromatic rings. The molecule has 0 aliphatic heterocycles. The maximum absolute atomic E-state index is 6.25. The van der Waals surface area contributed by atoms with Gasteiger partial charge in [0, 0.05) is 42.8 Å². The van der Waals surface area contributed by atoms with Gasteiger partial charge in [0.2, 0.25) is 0 Å². The van der Waals surface area contributed by atoms with Crippen molar-refractivity contribution in [1.82, 2.24) is 4.90 Å². The zero-order valence-electron chi connectivity index (χ0n) is 17.2. The first-order valence-corrected chi connectivity index (χ1v) is 11.5. The number of likely N-dealkylation sites (N-methyl/N-ethyl adjacent to an activating group) is 1. The van der Waals surface area contributed by atoms with Gasteiger partial charge in [0.05, 0.1) is 0 Å². The fourth-order valence-corrected chi connectivity index (χ4v) is 3.56. The quantitative estimate of drug-likeness (QED) is 0.360. The number of nitrogens with one attached hydrogen (secondary N) is 1. The van der Waals surface area contributed by atoms with E-state index in [1.54, 1.807) is 18.0 Å². The Morgan fingerprint density at radius 3 is 2.78 bits per heavy atom. The minimum absolute atomic E-state index is 0.473. The van der Waals surface area contributed by atoms with Crippen LogP contribution in [0.15, 0.2) is 35.0 Å². The van der Waals surface area contributed by atoms with Crippen LogP contribution in [-0.4, -0.2) is 56.3 Å². The molecule has 6 heteroatoms. The van der Waals surface area contributed by atoms with E-state index in [0.717, 1.165) is 61.1 Å². The maximum Gasteiger partial charge on any atom is 0.0480 e. The Balaban J connectivity index is 2.71. The molecule has 1 unspecified atom stereocenters. The predicted molar refractivity (Wildman–Crippen MR) is 125 cm³/mol. The number of anilines is 1. The lowest BCUT2D eigenvalue weighted by molar-refractivity contribution is 0.299. The van der Waals surface area contributed by atoms with Crippen molar-refractivity contribution in [3.63, 3.8) is 0 Å². The van der Waals surface area contributed by atoms with Crippen LogP contribution in [0.25, 0.3) is 0 Å². The van der Waals surface area contributed by atoms with Crippen molar-refractivity contribution in [2.45, 2.75) is 32.6 Å². The van der Waals surface area contributed by atoms with Crippen molar-refractivity contribution in [2.24, 2.45) is 10.7 Å². The lowest BCUT2D eigenvalue weighted by atomic mass is 9.91. The summed E-state index contributed by atoms with van der Waals surface area (Å²) in [5.41, 5.74) is 9.35. The molecule has 0 spiro atoms. The van der Waals surface area contributed by atoms with Crippen LogP contribution in [0, 0.1) is 0 Å². The maximum atomic E-state index is 6.25. The van der Waals surface area contributed by atoms with Gasteiger partial charge in [0.25, 0.3) is 0 Å². The Kier molecular flexibility index (Phi) is 12.3. The fraction of sp³-hybridized carbons (Fsp3) is 0.571. The third-order valence-electron chi connectivity index (χ3n) is 4.76. The van der Waals surface area contributed by atoms with Gasteiger partial charge in [-0.05, 0) is 73.6 Å². The Labute approximate surface area is 174 Å². The van der Waals surface area contributed by atoms with Crippen LogP contribution >= 0.6 is 23.4 Å². The number of hydrogen-bond donors (Lipinski definition) is 2. The molecule has 0 saturated carbocycles. The molecule has 0 aliphatic carbocycles. The van der Waals surface area contributed by atoms with Gasteiger partial charge >= 0.3 is 0 Å². The highest BCUT2D eigenvalue weighted by Crippen LogP contribution is 2.32. The number of rotatable bonds is 13. The van der Waals surface area contributed by atoms with Gasteiger partial charge in [0.15, 0.2) is 0 Å². The van der Waals surface area contributed by atoms with Crippen molar-refractivity contribution in [3.8, 4) is 0 Å². The minimum Gasteiger partial charge on any atom is -0.404 e. The summed E-state index contributed by atoms with van der Waals surface area (Å²) in [7, 11) is 1.96. The van der Waals surface area contributed by atoms with Crippen LogP contribution in [0.1, 0.15) is 38.2 Å². The van der Waals surface area contributed by atoms with Crippen molar-refractivity contribution in [1.29, 1.82) is 0 Å². The summed E-state index contributed by atoms with van der Waals surface area (Å²) in [5, 5.41) is 4.09. The molecule has 1 rings (SSSR count). The van der Waals surface area contributed by atoms with Gasteiger partial charge in [-0.3, -0.25) is 9.89 Å². The normalized spacial score (nSPS) is 13.5. The highest BCUT2D eigenvalue weighted by molar-refractivity contribution is 7.98. The number of aliphatic imine (C=N–C) groups is 1. The molecule has 0 aromatic heterocycles. The standard InChI is InChI=1S/C21H35ClN4S/c1-5-18(20-13-19(22)7-8-21(20)24-3)9-11-26(6-2)16-17(14-23)15-25-10-12-27-4/h7-8,13-15,18,24H,5-6,9-12,16,23H2,1-4H3. The van der Waals surface area contributed by atoms with Crippen molar-refractivity contribution < 1.29 is 0 Å². The summed E-state index contributed by atoms with van der Waals surface area (Å²) in [6, 6.07) is 6.11. The number of thioether (sulfide) groups is 1. The van der Waals surface area contributed by atoms with Gasteiger partial charge in [-0.25, -0.2) is 0 Å². The van der Waals surface area contributed by atoms with Gasteiger partial charge in [-0.15, -0.1) is 0 Å². The molecule has 0 radical (unpaired) electrons. The molecule has 0 fully saturated rings. The SMILES string of the molecule is CCC(CCN(CC)CC(C=NCCSC)=CN)c1cc(Cl)ccc1NC. The van der Waals surface area contributed by atoms with Crippen LogP contribution in [0.4, 0.5) is 5.69 Å². The van der Waals surface area contributed by atoms with Crippen molar-refractivity contribution in [3.05, 3.63) is 40.6 Å². The molecule has 4 nitrogen and oxygen atoms in total. The van der Waals surface area contributed by atoms with E-state index in [4.69, 9.17) is 17.3 Å². The first-order chi connectivity index (χ1) is 13.1. The van der Waals surface area contributed by atoms with Crippen molar-refractivity contribution >= 4 is 35.3 Å². The van der Waals surface area contributed by atoms with Gasteiger partial charge in [-0.1, -0.05) is 25.4 Å². The minimum atomic E-state index is 0.473. The Bertz CT molecular complexity index is 604. The molecule has 1 aromatic carbocycles. The summed E-state index contributed by atoms with van der Waals surface area (Å²) < 4.78 is 0. The van der Waals surface area contributed by atoms with Gasteiger partial charge in [0.1, 0.15) is 0 Å². The molecule has 152 valence electrons. The third-order valence-corrected chi connectivity index (χ3v) is 5.58. The average Bonchev–Trinajstić information content (AvgIpc) is 2.69. The van der Waals surface area contributed by atoms with E-state index in [2.05, 4.69) is 47.4 Å². The summed E-state index contributed by atoms with van der Waals surface area (Å²) in [6.45, 7) is 8.11. The molecule has 0 amide bonds. The topological polar surface area (TPSA) is 53.6 Å². The Morgan fingerprint density at radius 2 is 2.19 bits per heavy atom. The van der Waals surface area contributed by atoms with Crippen LogP contribution in [0.2, 0.25) is 5.02 Å². The molecule has 27 heavy (non-hydrogen) atoms. The summed E-state index contributed by atoms with van der Waals surface area (Å²) >= 11 is 8.05. The van der Waals surface area contributed by atoms with Crippen molar-refractivity contribution in [2.75, 3.05) is 50.6 Å². The van der Waals surface area contributed by atoms with E-state index in [0.29, 0.717) is 5.92 Å². The summed E-state index contributed by atoms with van der Waals surface area (Å²) in [5.74, 6) is 1.51. The van der Waals surface area contributed by atoms with Crippen LogP contribution in [0.3, 0.4) is 0 Å². The highest BCUT2D eigenvalue weighted by Gasteiger charge is 2.16. The molecule has 0 bridgehead atoms. The molecule has 0 aliphatic rings. The van der Waals surface area contributed by atoms with E-state index in [9.17, 15) is 0 Å². The molecule has 3 N–H and O–H groups in total. The molecule has 1 atom stereocenters. The number of hydrogen-bond acceptors (Lipinski definition) is 5. The second-order valence-corrected chi connectivity index (χ2v) is 7.94. The largest absolute Gasteiger partial charge is 0.404 e. The fourth-order valence-electron chi connectivity index (χ4n) is 3.09. The third kappa shape index (κ3) is 8.58. The summed E-state index contributed by atoms with van der Waals surface area (Å²) in [4.78, 5) is 6.89. The van der Waals surface area contributed by atoms with E-state index in [1.165, 1.54) is 5.56 Å². The molecule has 0 saturated heterocycles. The number of nitrogens with zero attached hydrogens (tertiary/aromatic N) is 2. The van der Waals surface area contributed by atoms with Crippen LogP contribution in [-0.2, 0) is 0 Å². The van der Waals surface area contributed by atoms with Crippen LogP contribution < -0.4 is 11.1 Å². The second-order valence-electron chi connectivity index (χ2n) is 6.51. The van der Waals surface area contributed by atoms with Gasteiger partial charge in [-0.2, -0.15) is 11.8 Å². The zero-order chi connectivity index (χ0) is 20.1. The first kappa shape index (κ1) is 23.9. The second kappa shape index (κ2) is 13.9. The molecular formula is C21H35ClN4S. The monoisotopic (exact) mass is 410 g/mol. The first-order valence-electron chi connectivity index (χ1n) is 9.68. The van der Waals surface area contributed by atoms with E-state index in [1.807, 2.05) is 19.3 Å². The molecule has 0 heterocycles. The Morgan fingerprint density at radius 1 is 1.41 bits per heavy atom. The number of halogens is 1. The summed E-state index contributed by atoms with van der Waals surface area (Å²) in [6.07, 6.45) is 7.87. The molecular weight excluding hydrogens is 376 g/mol. The highest BCUT2D eigenvalue weighted by atomic mass is 35.5. The lowest BCUT2D eigenvalue weighted by Crippen LogP contribution is -2.28. The predicted octanol–water partition coefficient (Wildman–Crippen LogP) is 4.86. The number of benzene rings is 1. The smallest absolute Gasteiger partial charge is 0.0480 e. The van der Waals surface area contributed by atoms with E-state index in [-0.39, 0.29) is 0 Å². The average molecular weight is 411 g/mol.